The summed E-state index contributed by atoms with van der Waals surface area (Å²) in [5.41, 5.74) is -0.544. The molecule has 3 N–H and O–H groups in total. The Balaban J connectivity index is 1.72. The van der Waals surface area contributed by atoms with Crippen molar-refractivity contribution in [1.82, 2.24) is 0 Å². The van der Waals surface area contributed by atoms with Crippen molar-refractivity contribution in [2.24, 2.45) is 0 Å². The summed E-state index contributed by atoms with van der Waals surface area (Å²) in [5, 5.41) is 16.4. The molecule has 0 atom stereocenters. The topological polar surface area (TPSA) is 113 Å². The summed E-state index contributed by atoms with van der Waals surface area (Å²) in [5.74, 6) is -0.495. The Morgan fingerprint density at radius 1 is 0.929 bits per heavy atom. The smallest absolute Gasteiger partial charge is 0.253 e. The van der Waals surface area contributed by atoms with Crippen molar-refractivity contribution in [3.05, 3.63) is 67.4 Å². The summed E-state index contributed by atoms with van der Waals surface area (Å²) < 4.78 is 24.7. The molecule has 0 bridgehead atoms. The summed E-state index contributed by atoms with van der Waals surface area (Å²) >= 11 is 6.07. The number of anilines is 4. The van der Waals surface area contributed by atoms with Crippen molar-refractivity contribution in [3.8, 4) is 5.75 Å². The Labute approximate surface area is 165 Å². The van der Waals surface area contributed by atoms with E-state index in [9.17, 15) is 23.1 Å². The fourth-order valence-electron chi connectivity index (χ4n) is 3.27. The van der Waals surface area contributed by atoms with Gasteiger partial charge in [-0.25, -0.2) is 8.42 Å². The van der Waals surface area contributed by atoms with Crippen LogP contribution in [0.2, 0.25) is 5.02 Å². The largest absolute Gasteiger partial charge is 0.504 e. The van der Waals surface area contributed by atoms with Crippen molar-refractivity contribution in [2.45, 2.75) is 17.7 Å². The molecule has 0 amide bonds. The molecule has 0 saturated carbocycles. The number of aryl methyl sites for hydroxylation is 1. The van der Waals surface area contributed by atoms with Crippen molar-refractivity contribution in [3.63, 3.8) is 0 Å². The number of phenols is 1. The van der Waals surface area contributed by atoms with Gasteiger partial charge in [0.25, 0.3) is 10.9 Å². The molecule has 1 heterocycles. The number of nitrogens with one attached hydrogen (secondary N) is 2. The van der Waals surface area contributed by atoms with E-state index in [1.165, 1.54) is 6.07 Å². The van der Waals surface area contributed by atoms with E-state index in [0.717, 1.165) is 0 Å². The normalized spacial score (nSPS) is 15.2. The van der Waals surface area contributed by atoms with Gasteiger partial charge in [-0.15, -0.1) is 0 Å². The van der Waals surface area contributed by atoms with Crippen LogP contribution in [-0.4, -0.2) is 19.3 Å². The Morgan fingerprint density at radius 2 is 1.57 bits per heavy atom. The fraction of sp³-hybridized carbons (Fsp3) is 0.158. The lowest BCUT2D eigenvalue weighted by molar-refractivity contribution is 0.457. The van der Waals surface area contributed by atoms with Gasteiger partial charge in [0, 0.05) is 0 Å². The van der Waals surface area contributed by atoms with Gasteiger partial charge in [-0.05, 0) is 36.6 Å². The molecule has 1 aliphatic rings. The van der Waals surface area contributed by atoms with Gasteiger partial charge >= 0.3 is 0 Å². The molecule has 0 saturated heterocycles. The maximum Gasteiger partial charge on any atom is 0.253 e. The zero-order valence-electron chi connectivity index (χ0n) is 14.5. The summed E-state index contributed by atoms with van der Waals surface area (Å²) in [6.07, 6.45) is 1.04. The molecule has 3 aromatic carbocycles. The summed E-state index contributed by atoms with van der Waals surface area (Å²) in [4.78, 5) is 23.9. The summed E-state index contributed by atoms with van der Waals surface area (Å²) in [6.45, 7) is 0. The van der Waals surface area contributed by atoms with Crippen LogP contribution in [0.3, 0.4) is 0 Å². The van der Waals surface area contributed by atoms with Crippen LogP contribution in [-0.2, 0) is 16.3 Å². The molecule has 4 rings (SSSR count). The molecular weight excluding hydrogens is 404 g/mol. The van der Waals surface area contributed by atoms with E-state index in [-0.39, 0.29) is 27.7 Å². The van der Waals surface area contributed by atoms with Gasteiger partial charge in [0.15, 0.2) is 15.6 Å². The number of aromatic hydroxyl groups is 1. The third-order valence-corrected chi connectivity index (χ3v) is 6.92. The molecule has 7 nitrogen and oxygen atoms in total. The van der Waals surface area contributed by atoms with Crippen LogP contribution in [0, 0.1) is 0 Å². The Morgan fingerprint density at radius 3 is 2.25 bits per heavy atom. The minimum absolute atomic E-state index is 0.00178. The monoisotopic (exact) mass is 418 g/mol. The van der Waals surface area contributed by atoms with Crippen molar-refractivity contribution >= 4 is 44.2 Å². The number of sulfone groups is 1. The molecule has 28 heavy (non-hydrogen) atoms. The number of fused-ring (bicyclic) bond motifs is 1. The molecule has 9 heteroatoms. The van der Waals surface area contributed by atoms with E-state index >= 15 is 0 Å². The van der Waals surface area contributed by atoms with Gasteiger partial charge in [0.05, 0.1) is 22.2 Å². The number of rotatable bonds is 4. The SMILES string of the molecule is O=c1c(Nc2ccccc2Cl)c(Nc2ccc3c(c2O)S(=O)(=O)CCC3)c1=O. The van der Waals surface area contributed by atoms with E-state index < -0.39 is 26.4 Å². The van der Waals surface area contributed by atoms with Gasteiger partial charge < -0.3 is 15.7 Å². The van der Waals surface area contributed by atoms with E-state index in [1.807, 2.05) is 0 Å². The van der Waals surface area contributed by atoms with Crippen LogP contribution in [0.15, 0.2) is 50.9 Å². The first-order valence-electron chi connectivity index (χ1n) is 8.49. The molecule has 0 unspecified atom stereocenters. The average molecular weight is 419 g/mol. The maximum absolute atomic E-state index is 12.3. The second-order valence-corrected chi connectivity index (χ2v) is 8.96. The first-order valence-corrected chi connectivity index (χ1v) is 10.5. The molecular formula is C19H15ClN2O5S. The molecule has 0 aliphatic carbocycles. The highest BCUT2D eigenvalue weighted by atomic mass is 35.5. The molecule has 0 spiro atoms. The van der Waals surface area contributed by atoms with Gasteiger partial charge in [0.2, 0.25) is 0 Å². The highest BCUT2D eigenvalue weighted by molar-refractivity contribution is 7.91. The van der Waals surface area contributed by atoms with Gasteiger partial charge in [-0.1, -0.05) is 29.8 Å². The quantitative estimate of drug-likeness (QED) is 0.441. The zero-order valence-corrected chi connectivity index (χ0v) is 16.0. The first-order chi connectivity index (χ1) is 13.3. The lowest BCUT2D eigenvalue weighted by Gasteiger charge is -2.21. The van der Waals surface area contributed by atoms with E-state index in [2.05, 4.69) is 10.6 Å². The summed E-state index contributed by atoms with van der Waals surface area (Å²) in [6, 6.07) is 9.80. The highest BCUT2D eigenvalue weighted by Gasteiger charge is 2.30. The van der Waals surface area contributed by atoms with Gasteiger partial charge in [0.1, 0.15) is 16.3 Å². The van der Waals surface area contributed by atoms with Crippen LogP contribution in [0.25, 0.3) is 0 Å². The van der Waals surface area contributed by atoms with Gasteiger partial charge in [-0.2, -0.15) is 0 Å². The number of benzene rings is 2. The third kappa shape index (κ3) is 2.94. The molecule has 0 radical (unpaired) electrons. The molecule has 0 fully saturated rings. The van der Waals surface area contributed by atoms with Crippen LogP contribution < -0.4 is 21.5 Å². The van der Waals surface area contributed by atoms with Crippen molar-refractivity contribution in [2.75, 3.05) is 16.4 Å². The number of phenolic OH excluding ortho intramolecular Hbond substituents is 1. The van der Waals surface area contributed by atoms with Gasteiger partial charge in [-0.3, -0.25) is 9.59 Å². The molecule has 0 aromatic heterocycles. The minimum Gasteiger partial charge on any atom is -0.504 e. The predicted molar refractivity (Wildman–Crippen MR) is 108 cm³/mol. The number of hydrogen-bond donors (Lipinski definition) is 3. The maximum atomic E-state index is 12.3. The minimum atomic E-state index is -3.60. The lowest BCUT2D eigenvalue weighted by atomic mass is 10.1. The Bertz CT molecular complexity index is 1280. The van der Waals surface area contributed by atoms with Crippen LogP contribution in [0.1, 0.15) is 12.0 Å². The second kappa shape index (κ2) is 6.65. The third-order valence-electron chi connectivity index (χ3n) is 4.69. The standard InChI is InChI=1S/C19H15ClN2O5S/c20-11-5-1-2-6-12(11)21-14-15(18(25)17(14)24)22-13-8-7-10-4-3-9-28(26,27)19(10)16(13)23/h1-2,5-8,21-23H,3-4,9H2. The number of hydrogen-bond acceptors (Lipinski definition) is 7. The van der Waals surface area contributed by atoms with E-state index in [1.54, 1.807) is 30.3 Å². The molecule has 144 valence electrons. The second-order valence-electron chi connectivity index (χ2n) is 6.51. The Kier molecular flexibility index (Phi) is 4.40. The van der Waals surface area contributed by atoms with Crippen molar-refractivity contribution < 1.29 is 13.5 Å². The molecule has 1 aliphatic heterocycles. The first kappa shape index (κ1) is 18.5. The summed E-state index contributed by atoms with van der Waals surface area (Å²) in [7, 11) is -3.60. The van der Waals surface area contributed by atoms with Crippen LogP contribution in [0.4, 0.5) is 22.7 Å². The van der Waals surface area contributed by atoms with E-state index in [0.29, 0.717) is 29.1 Å². The fourth-order valence-corrected chi connectivity index (χ4v) is 5.16. The highest BCUT2D eigenvalue weighted by Crippen LogP contribution is 2.40. The van der Waals surface area contributed by atoms with Crippen molar-refractivity contribution in [1.29, 1.82) is 0 Å². The average Bonchev–Trinajstić information content (AvgIpc) is 2.66. The Hall–Kier alpha value is -2.84. The lowest BCUT2D eigenvalue weighted by Crippen LogP contribution is -2.35. The van der Waals surface area contributed by atoms with E-state index in [4.69, 9.17) is 11.6 Å². The number of halogens is 1. The number of para-hydroxylation sites is 1. The van der Waals surface area contributed by atoms with Crippen LogP contribution >= 0.6 is 11.6 Å². The predicted octanol–water partition coefficient (Wildman–Crippen LogP) is 2.85. The molecule has 3 aromatic rings. The van der Waals surface area contributed by atoms with Crippen LogP contribution in [0.5, 0.6) is 5.75 Å². The zero-order chi connectivity index (χ0) is 20.1.